The highest BCUT2D eigenvalue weighted by Gasteiger charge is 2.16. The van der Waals surface area contributed by atoms with Gasteiger partial charge in [0.2, 0.25) is 0 Å². The van der Waals surface area contributed by atoms with Crippen LogP contribution in [-0.4, -0.2) is 16.9 Å². The molecule has 120 valence electrons. The van der Waals surface area contributed by atoms with Gasteiger partial charge in [0.15, 0.2) is 6.10 Å². The van der Waals surface area contributed by atoms with Gasteiger partial charge in [-0.05, 0) is 25.1 Å². The molecule has 1 N–H and O–H groups in total. The van der Waals surface area contributed by atoms with E-state index in [1.54, 1.807) is 25.1 Å². The van der Waals surface area contributed by atoms with Crippen LogP contribution in [0.1, 0.15) is 6.92 Å². The van der Waals surface area contributed by atoms with E-state index in [9.17, 15) is 14.9 Å². The fourth-order valence-electron chi connectivity index (χ4n) is 1.75. The van der Waals surface area contributed by atoms with Gasteiger partial charge < -0.3 is 10.1 Å². The minimum Gasteiger partial charge on any atom is -0.481 e. The molecule has 0 saturated carbocycles. The highest BCUT2D eigenvalue weighted by molar-refractivity contribution is 6.42. The molecule has 2 rings (SSSR count). The molecule has 1 unspecified atom stereocenters. The van der Waals surface area contributed by atoms with E-state index in [1.165, 1.54) is 24.3 Å². The number of amides is 1. The molecule has 0 spiro atoms. The predicted octanol–water partition coefficient (Wildman–Crippen LogP) is 4.31. The second kappa shape index (κ2) is 7.30. The van der Waals surface area contributed by atoms with Crippen molar-refractivity contribution in [3.8, 4) is 5.75 Å². The summed E-state index contributed by atoms with van der Waals surface area (Å²) in [6.07, 6.45) is -0.827. The molecule has 0 saturated heterocycles. The first-order chi connectivity index (χ1) is 10.9. The molecule has 0 aliphatic rings. The van der Waals surface area contributed by atoms with E-state index < -0.39 is 16.9 Å². The van der Waals surface area contributed by atoms with E-state index in [4.69, 9.17) is 27.9 Å². The predicted molar refractivity (Wildman–Crippen MR) is 88.3 cm³/mol. The van der Waals surface area contributed by atoms with Crippen molar-refractivity contribution >= 4 is 40.5 Å². The molecule has 0 aliphatic heterocycles. The largest absolute Gasteiger partial charge is 0.481 e. The number of hydrogen-bond donors (Lipinski definition) is 1. The average Bonchev–Trinajstić information content (AvgIpc) is 2.51. The van der Waals surface area contributed by atoms with Gasteiger partial charge >= 0.3 is 0 Å². The normalized spacial score (nSPS) is 11.6. The van der Waals surface area contributed by atoms with Gasteiger partial charge in [-0.15, -0.1) is 0 Å². The van der Waals surface area contributed by atoms with Crippen LogP contribution in [0.3, 0.4) is 0 Å². The molecule has 6 nitrogen and oxygen atoms in total. The summed E-state index contributed by atoms with van der Waals surface area (Å²) in [5.74, 6) is -0.0577. The maximum Gasteiger partial charge on any atom is 0.271 e. The van der Waals surface area contributed by atoms with E-state index in [0.717, 1.165) is 0 Å². The van der Waals surface area contributed by atoms with E-state index in [-0.39, 0.29) is 5.69 Å². The lowest BCUT2D eigenvalue weighted by atomic mass is 10.2. The quantitative estimate of drug-likeness (QED) is 0.640. The number of nitro benzene ring substituents is 1. The van der Waals surface area contributed by atoms with Gasteiger partial charge in [0.1, 0.15) is 5.75 Å². The molecule has 0 heterocycles. The minimum absolute atomic E-state index is 0.110. The Morgan fingerprint density at radius 2 is 1.96 bits per heavy atom. The Morgan fingerprint density at radius 1 is 1.22 bits per heavy atom. The van der Waals surface area contributed by atoms with E-state index >= 15 is 0 Å². The van der Waals surface area contributed by atoms with Gasteiger partial charge in [0.05, 0.1) is 15.0 Å². The van der Waals surface area contributed by atoms with Crippen molar-refractivity contribution in [3.05, 3.63) is 62.6 Å². The third kappa shape index (κ3) is 4.58. The molecule has 8 heteroatoms. The van der Waals surface area contributed by atoms with Gasteiger partial charge in [-0.25, -0.2) is 0 Å². The second-order valence-electron chi connectivity index (χ2n) is 4.63. The average molecular weight is 355 g/mol. The number of nitrogens with zero attached hydrogens (tertiary/aromatic N) is 1. The van der Waals surface area contributed by atoms with E-state index in [0.29, 0.717) is 21.5 Å². The number of rotatable bonds is 5. The third-order valence-corrected chi connectivity index (χ3v) is 3.64. The highest BCUT2D eigenvalue weighted by Crippen LogP contribution is 2.27. The number of nitrogens with one attached hydrogen (secondary N) is 1. The summed E-state index contributed by atoms with van der Waals surface area (Å²) >= 11 is 11.7. The number of carbonyl (C=O) groups excluding carboxylic acids is 1. The van der Waals surface area contributed by atoms with E-state index in [2.05, 4.69) is 5.32 Å². The summed E-state index contributed by atoms with van der Waals surface area (Å²) in [6.45, 7) is 1.55. The number of anilines is 1. The fourth-order valence-corrected chi connectivity index (χ4v) is 2.04. The Morgan fingerprint density at radius 3 is 2.61 bits per heavy atom. The lowest BCUT2D eigenvalue weighted by Crippen LogP contribution is -2.30. The van der Waals surface area contributed by atoms with Crippen LogP contribution in [0, 0.1) is 10.1 Å². The summed E-state index contributed by atoms with van der Waals surface area (Å²) < 4.78 is 5.47. The maximum atomic E-state index is 12.1. The lowest BCUT2D eigenvalue weighted by Gasteiger charge is -2.15. The fraction of sp³-hybridized carbons (Fsp3) is 0.133. The summed E-state index contributed by atoms with van der Waals surface area (Å²) in [5.41, 5.74) is 0.203. The minimum atomic E-state index is -0.827. The van der Waals surface area contributed by atoms with Crippen LogP contribution in [0.25, 0.3) is 0 Å². The molecule has 0 radical (unpaired) electrons. The Balaban J connectivity index is 2.03. The van der Waals surface area contributed by atoms with Gasteiger partial charge in [0.25, 0.3) is 11.6 Å². The van der Waals surface area contributed by atoms with Crippen molar-refractivity contribution in [1.82, 2.24) is 0 Å². The zero-order valence-corrected chi connectivity index (χ0v) is 13.5. The first-order valence-electron chi connectivity index (χ1n) is 6.54. The summed E-state index contributed by atoms with van der Waals surface area (Å²) in [4.78, 5) is 22.3. The summed E-state index contributed by atoms with van der Waals surface area (Å²) in [7, 11) is 0. The molecule has 1 atom stereocenters. The molecule has 23 heavy (non-hydrogen) atoms. The molecule has 0 aromatic heterocycles. The van der Waals surface area contributed by atoms with E-state index in [1.807, 2.05) is 0 Å². The summed E-state index contributed by atoms with van der Waals surface area (Å²) in [6, 6.07) is 10.3. The molecule has 0 bridgehead atoms. The molecule has 0 fully saturated rings. The smallest absolute Gasteiger partial charge is 0.271 e. The number of non-ortho nitro benzene ring substituents is 1. The Hall–Kier alpha value is -2.31. The zero-order chi connectivity index (χ0) is 17.0. The Bertz CT molecular complexity index is 752. The SMILES string of the molecule is CC(Oc1ccc(Cl)c(Cl)c1)C(=O)Nc1cccc([N+](=O)[O-])c1. The van der Waals surface area contributed by atoms with Crippen molar-refractivity contribution in [2.24, 2.45) is 0 Å². The zero-order valence-electron chi connectivity index (χ0n) is 12.0. The highest BCUT2D eigenvalue weighted by atomic mass is 35.5. The van der Waals surface area contributed by atoms with Crippen LogP contribution < -0.4 is 10.1 Å². The molecule has 2 aromatic carbocycles. The van der Waals surface area contributed by atoms with Crippen LogP contribution in [0.15, 0.2) is 42.5 Å². The number of halogens is 2. The first kappa shape index (κ1) is 17.1. The molecule has 2 aromatic rings. The van der Waals surface area contributed by atoms with Crippen LogP contribution in [0.2, 0.25) is 10.0 Å². The lowest BCUT2D eigenvalue weighted by molar-refractivity contribution is -0.384. The summed E-state index contributed by atoms with van der Waals surface area (Å²) in [5, 5.41) is 14.0. The second-order valence-corrected chi connectivity index (χ2v) is 5.45. The number of ether oxygens (including phenoxy) is 1. The van der Waals surface area contributed by atoms with Crippen LogP contribution in [-0.2, 0) is 4.79 Å². The van der Waals surface area contributed by atoms with Crippen molar-refractivity contribution in [3.63, 3.8) is 0 Å². The Labute approximate surface area is 142 Å². The first-order valence-corrected chi connectivity index (χ1v) is 7.29. The standard InChI is InChI=1S/C15H12Cl2N2O4/c1-9(23-12-5-6-13(16)14(17)8-12)15(20)18-10-3-2-4-11(7-10)19(21)22/h2-9H,1H3,(H,18,20). The molecule has 0 aliphatic carbocycles. The number of benzene rings is 2. The van der Waals surface area contributed by atoms with Gasteiger partial charge in [-0.3, -0.25) is 14.9 Å². The third-order valence-electron chi connectivity index (χ3n) is 2.90. The number of carbonyl (C=O) groups is 1. The number of nitro groups is 1. The Kier molecular flexibility index (Phi) is 5.41. The topological polar surface area (TPSA) is 81.5 Å². The molecular formula is C15H12Cl2N2O4. The number of hydrogen-bond acceptors (Lipinski definition) is 4. The van der Waals surface area contributed by atoms with Crippen molar-refractivity contribution in [2.75, 3.05) is 5.32 Å². The molecule has 1 amide bonds. The maximum absolute atomic E-state index is 12.1. The van der Waals surface area contributed by atoms with Crippen molar-refractivity contribution < 1.29 is 14.5 Å². The van der Waals surface area contributed by atoms with Gasteiger partial charge in [0, 0.05) is 23.9 Å². The molecular weight excluding hydrogens is 343 g/mol. The van der Waals surface area contributed by atoms with Crippen molar-refractivity contribution in [1.29, 1.82) is 0 Å². The van der Waals surface area contributed by atoms with Gasteiger partial charge in [-0.2, -0.15) is 0 Å². The van der Waals surface area contributed by atoms with Gasteiger partial charge in [-0.1, -0.05) is 29.3 Å². The van der Waals surface area contributed by atoms with Crippen LogP contribution >= 0.6 is 23.2 Å². The van der Waals surface area contributed by atoms with Crippen LogP contribution in [0.5, 0.6) is 5.75 Å². The van der Waals surface area contributed by atoms with Crippen molar-refractivity contribution in [2.45, 2.75) is 13.0 Å². The monoisotopic (exact) mass is 354 g/mol. The van der Waals surface area contributed by atoms with Crippen LogP contribution in [0.4, 0.5) is 11.4 Å².